The van der Waals surface area contributed by atoms with Gasteiger partial charge in [-0.2, -0.15) is 4.68 Å². The second-order valence-electron chi connectivity index (χ2n) is 4.51. The van der Waals surface area contributed by atoms with Gasteiger partial charge in [0.2, 0.25) is 5.16 Å². The average Bonchev–Trinajstić information content (AvgIpc) is 3.01. The normalized spacial score (nSPS) is 12.0. The highest BCUT2D eigenvalue weighted by atomic mass is 32.2. The first-order valence-corrected chi connectivity index (χ1v) is 7.87. The van der Waals surface area contributed by atoms with Gasteiger partial charge in [-0.3, -0.25) is 4.79 Å². The maximum Gasteiger partial charge on any atom is 0.309 e. The van der Waals surface area contributed by atoms with E-state index in [1.54, 1.807) is 11.6 Å². The summed E-state index contributed by atoms with van der Waals surface area (Å²) in [5.41, 5.74) is 0.766. The third kappa shape index (κ3) is 3.76. The Hall–Kier alpha value is -2.09. The molecule has 0 aliphatic rings. The molecule has 2 aromatic rings. The van der Waals surface area contributed by atoms with Crippen molar-refractivity contribution in [1.29, 1.82) is 0 Å². The van der Waals surface area contributed by atoms with E-state index in [0.717, 1.165) is 5.69 Å². The molecule has 22 heavy (non-hydrogen) atoms. The Morgan fingerprint density at radius 3 is 2.91 bits per heavy atom. The van der Waals surface area contributed by atoms with Gasteiger partial charge in [-0.05, 0) is 29.5 Å². The highest BCUT2D eigenvalue weighted by Gasteiger charge is 2.18. The number of hydrogen-bond acceptors (Lipinski definition) is 7. The lowest BCUT2D eigenvalue weighted by Crippen LogP contribution is -2.15. The zero-order valence-electron chi connectivity index (χ0n) is 12.7. The van der Waals surface area contributed by atoms with Crippen LogP contribution in [0.5, 0.6) is 5.75 Å². The lowest BCUT2D eigenvalue weighted by molar-refractivity contribution is -0.143. The second-order valence-corrected chi connectivity index (χ2v) is 5.50. The van der Waals surface area contributed by atoms with Crippen LogP contribution >= 0.6 is 11.8 Å². The molecule has 2 rings (SSSR count). The van der Waals surface area contributed by atoms with Crippen molar-refractivity contribution in [3.05, 3.63) is 24.3 Å². The highest BCUT2D eigenvalue weighted by molar-refractivity contribution is 7.99. The fourth-order valence-electron chi connectivity index (χ4n) is 1.80. The molecule has 8 heteroatoms. The van der Waals surface area contributed by atoms with Crippen LogP contribution < -0.4 is 4.74 Å². The quantitative estimate of drug-likeness (QED) is 0.569. The Morgan fingerprint density at radius 2 is 2.18 bits per heavy atom. The lowest BCUT2D eigenvalue weighted by Gasteiger charge is -2.11. The topological polar surface area (TPSA) is 79.1 Å². The SMILES string of the molecule is CCOc1ccccc1-n1nnnc1SCC(C)C(=O)OC. The number of benzene rings is 1. The fourth-order valence-corrected chi connectivity index (χ4v) is 2.69. The van der Waals surface area contributed by atoms with Crippen molar-refractivity contribution in [3.8, 4) is 11.4 Å². The molecule has 1 unspecified atom stereocenters. The van der Waals surface area contributed by atoms with Crippen LogP contribution in [0.1, 0.15) is 13.8 Å². The molecule has 0 saturated heterocycles. The number of rotatable bonds is 7. The minimum absolute atomic E-state index is 0.234. The van der Waals surface area contributed by atoms with Crippen LogP contribution in [-0.2, 0) is 9.53 Å². The minimum atomic E-state index is -0.249. The van der Waals surface area contributed by atoms with E-state index >= 15 is 0 Å². The molecule has 118 valence electrons. The zero-order chi connectivity index (χ0) is 15.9. The molecule has 0 bridgehead atoms. The molecule has 0 spiro atoms. The number of carbonyl (C=O) groups is 1. The smallest absolute Gasteiger partial charge is 0.309 e. The predicted molar refractivity (Wildman–Crippen MR) is 82.2 cm³/mol. The van der Waals surface area contributed by atoms with Crippen LogP contribution in [0.15, 0.2) is 29.4 Å². The summed E-state index contributed by atoms with van der Waals surface area (Å²) in [7, 11) is 1.38. The van der Waals surface area contributed by atoms with E-state index in [9.17, 15) is 4.79 Å². The molecule has 0 N–H and O–H groups in total. The summed E-state index contributed by atoms with van der Waals surface area (Å²) < 4.78 is 11.9. The summed E-state index contributed by atoms with van der Waals surface area (Å²) in [5, 5.41) is 12.3. The molecular weight excluding hydrogens is 304 g/mol. The Labute approximate surface area is 133 Å². The lowest BCUT2D eigenvalue weighted by atomic mass is 10.2. The number of tetrazole rings is 1. The number of thioether (sulfide) groups is 1. The first-order chi connectivity index (χ1) is 10.7. The maximum absolute atomic E-state index is 11.5. The van der Waals surface area contributed by atoms with E-state index in [1.807, 2.05) is 31.2 Å². The molecule has 0 fully saturated rings. The minimum Gasteiger partial charge on any atom is -0.492 e. The van der Waals surface area contributed by atoms with Gasteiger partial charge in [0.25, 0.3) is 0 Å². The van der Waals surface area contributed by atoms with Gasteiger partial charge >= 0.3 is 5.97 Å². The Kier molecular flexibility index (Phi) is 5.76. The van der Waals surface area contributed by atoms with Gasteiger partial charge in [0.15, 0.2) is 0 Å². The van der Waals surface area contributed by atoms with E-state index in [0.29, 0.717) is 23.3 Å². The Morgan fingerprint density at radius 1 is 1.41 bits per heavy atom. The molecule has 1 aromatic heterocycles. The monoisotopic (exact) mass is 322 g/mol. The largest absolute Gasteiger partial charge is 0.492 e. The maximum atomic E-state index is 11.5. The first kappa shape index (κ1) is 16.3. The summed E-state index contributed by atoms with van der Waals surface area (Å²) in [6.07, 6.45) is 0. The summed E-state index contributed by atoms with van der Waals surface area (Å²) >= 11 is 1.40. The van der Waals surface area contributed by atoms with Crippen LogP contribution in [0.25, 0.3) is 5.69 Å². The molecular formula is C14H18N4O3S. The van der Waals surface area contributed by atoms with Crippen molar-refractivity contribution in [2.24, 2.45) is 5.92 Å². The third-order valence-corrected chi connectivity index (χ3v) is 4.08. The van der Waals surface area contributed by atoms with Crippen LogP contribution in [0.3, 0.4) is 0 Å². The number of nitrogens with zero attached hydrogens (tertiary/aromatic N) is 4. The van der Waals surface area contributed by atoms with Crippen LogP contribution in [0.2, 0.25) is 0 Å². The van der Waals surface area contributed by atoms with Gasteiger partial charge in [-0.15, -0.1) is 5.10 Å². The van der Waals surface area contributed by atoms with Crippen LogP contribution in [0.4, 0.5) is 0 Å². The molecule has 1 atom stereocenters. The number of carbonyl (C=O) groups excluding carboxylic acids is 1. The number of para-hydroxylation sites is 2. The Balaban J connectivity index is 2.18. The molecule has 0 amide bonds. The summed E-state index contributed by atoms with van der Waals surface area (Å²) in [6, 6.07) is 7.54. The average molecular weight is 322 g/mol. The summed E-state index contributed by atoms with van der Waals surface area (Å²) in [5.74, 6) is 0.757. The molecule has 0 radical (unpaired) electrons. The van der Waals surface area contributed by atoms with E-state index < -0.39 is 0 Å². The molecule has 1 heterocycles. The van der Waals surface area contributed by atoms with Gasteiger partial charge in [0.1, 0.15) is 11.4 Å². The van der Waals surface area contributed by atoms with Crippen LogP contribution in [0, 0.1) is 5.92 Å². The van der Waals surface area contributed by atoms with E-state index in [2.05, 4.69) is 15.5 Å². The zero-order valence-corrected chi connectivity index (χ0v) is 13.5. The molecule has 1 aromatic carbocycles. The number of methoxy groups -OCH3 is 1. The van der Waals surface area contributed by atoms with Gasteiger partial charge in [0, 0.05) is 5.75 Å². The van der Waals surface area contributed by atoms with Gasteiger partial charge in [-0.1, -0.05) is 30.8 Å². The third-order valence-electron chi connectivity index (χ3n) is 2.90. The van der Waals surface area contributed by atoms with Gasteiger partial charge in [0.05, 0.1) is 19.6 Å². The highest BCUT2D eigenvalue weighted by Crippen LogP contribution is 2.26. The number of ether oxygens (including phenoxy) is 2. The Bertz CT molecular complexity index is 632. The van der Waals surface area contributed by atoms with E-state index in [4.69, 9.17) is 9.47 Å². The molecule has 0 aliphatic heterocycles. The van der Waals surface area contributed by atoms with Gasteiger partial charge in [-0.25, -0.2) is 0 Å². The second kappa shape index (κ2) is 7.79. The molecule has 0 aliphatic carbocycles. The first-order valence-electron chi connectivity index (χ1n) is 6.88. The van der Waals surface area contributed by atoms with E-state index in [1.165, 1.54) is 18.9 Å². The van der Waals surface area contributed by atoms with Gasteiger partial charge < -0.3 is 9.47 Å². The van der Waals surface area contributed by atoms with Crippen molar-refractivity contribution >= 4 is 17.7 Å². The molecule has 0 saturated carbocycles. The fraction of sp³-hybridized carbons (Fsp3) is 0.429. The summed E-state index contributed by atoms with van der Waals surface area (Å²) in [6.45, 7) is 4.28. The number of hydrogen-bond donors (Lipinski definition) is 0. The van der Waals surface area contributed by atoms with Crippen molar-refractivity contribution in [3.63, 3.8) is 0 Å². The number of esters is 1. The van der Waals surface area contributed by atoms with Crippen molar-refractivity contribution < 1.29 is 14.3 Å². The van der Waals surface area contributed by atoms with Crippen molar-refractivity contribution in [2.75, 3.05) is 19.5 Å². The predicted octanol–water partition coefficient (Wildman–Crippen LogP) is 1.96. The van der Waals surface area contributed by atoms with E-state index in [-0.39, 0.29) is 11.9 Å². The van der Waals surface area contributed by atoms with Crippen LogP contribution in [-0.4, -0.2) is 45.6 Å². The molecule has 7 nitrogen and oxygen atoms in total. The van der Waals surface area contributed by atoms with Crippen molar-refractivity contribution in [2.45, 2.75) is 19.0 Å². The summed E-state index contributed by atoms with van der Waals surface area (Å²) in [4.78, 5) is 11.5. The standard InChI is InChI=1S/C14H18N4O3S/c1-4-21-12-8-6-5-7-11(12)18-14(15-16-17-18)22-9-10(2)13(19)20-3/h5-8,10H,4,9H2,1-3H3. The van der Waals surface area contributed by atoms with Crippen molar-refractivity contribution in [1.82, 2.24) is 20.2 Å². The number of aromatic nitrogens is 4.